The summed E-state index contributed by atoms with van der Waals surface area (Å²) in [7, 11) is 1.75. The number of hydrogen-bond donors (Lipinski definition) is 0. The summed E-state index contributed by atoms with van der Waals surface area (Å²) in [5.41, 5.74) is 3.58. The Labute approximate surface area is 146 Å². The van der Waals surface area contributed by atoms with Crippen LogP contribution in [0.5, 0.6) is 5.75 Å². The van der Waals surface area contributed by atoms with E-state index in [1.807, 2.05) is 39.0 Å². The van der Waals surface area contributed by atoms with E-state index in [4.69, 9.17) is 21.1 Å². The first-order valence-electron chi connectivity index (χ1n) is 7.63. The molecule has 2 rings (SSSR count). The van der Waals surface area contributed by atoms with E-state index in [1.165, 1.54) is 6.08 Å². The molecule has 0 aliphatic rings. The summed E-state index contributed by atoms with van der Waals surface area (Å²) in [5.74, 6) is 0.390. The number of hydrogen-bond acceptors (Lipinski definition) is 4. The number of nitrogens with zero attached hydrogens (tertiary/aromatic N) is 2. The first-order chi connectivity index (χ1) is 11.4. The van der Waals surface area contributed by atoms with Crippen molar-refractivity contribution >= 4 is 23.6 Å². The molecule has 128 valence electrons. The van der Waals surface area contributed by atoms with E-state index >= 15 is 0 Å². The van der Waals surface area contributed by atoms with E-state index in [0.29, 0.717) is 17.3 Å². The van der Waals surface area contributed by atoms with Crippen LogP contribution in [0.2, 0.25) is 5.15 Å². The molecule has 0 atom stereocenters. The van der Waals surface area contributed by atoms with Crippen LogP contribution in [-0.2, 0) is 16.6 Å². The molecule has 0 aliphatic carbocycles. The Kier molecular flexibility index (Phi) is 6.04. The van der Waals surface area contributed by atoms with Crippen molar-refractivity contribution in [3.63, 3.8) is 0 Å². The second-order valence-electron chi connectivity index (χ2n) is 5.48. The molecule has 6 heteroatoms. The molecule has 0 spiro atoms. The number of para-hydroxylation sites is 1. The zero-order valence-electron chi connectivity index (χ0n) is 14.3. The Hall–Kier alpha value is -2.27. The van der Waals surface area contributed by atoms with Crippen LogP contribution in [0.15, 0.2) is 24.3 Å². The zero-order chi connectivity index (χ0) is 17.7. The Bertz CT molecular complexity index is 746. The van der Waals surface area contributed by atoms with E-state index in [9.17, 15) is 4.79 Å². The van der Waals surface area contributed by atoms with Gasteiger partial charge in [0.05, 0.1) is 5.69 Å². The molecule has 0 aliphatic heterocycles. The molecule has 2 aromatic rings. The summed E-state index contributed by atoms with van der Waals surface area (Å²) in [4.78, 5) is 11.8. The molecule has 0 radical (unpaired) electrons. The maximum Gasteiger partial charge on any atom is 0.330 e. The third kappa shape index (κ3) is 4.38. The number of aromatic nitrogens is 2. The minimum atomic E-state index is -0.445. The van der Waals surface area contributed by atoms with Crippen LogP contribution in [-0.4, -0.2) is 29.0 Å². The highest BCUT2D eigenvalue weighted by molar-refractivity contribution is 6.31. The Morgan fingerprint density at radius 1 is 1.25 bits per heavy atom. The van der Waals surface area contributed by atoms with Gasteiger partial charge in [0.1, 0.15) is 24.1 Å². The number of aryl methyl sites for hydroxylation is 4. The predicted octanol–water partition coefficient (Wildman–Crippen LogP) is 3.63. The highest BCUT2D eigenvalue weighted by Crippen LogP contribution is 2.22. The Balaban J connectivity index is 1.82. The minimum absolute atomic E-state index is 0.177. The average molecular weight is 349 g/mol. The largest absolute Gasteiger partial charge is 0.489 e. The fourth-order valence-corrected chi connectivity index (χ4v) is 2.59. The first-order valence-corrected chi connectivity index (χ1v) is 8.01. The van der Waals surface area contributed by atoms with Crippen LogP contribution in [0.25, 0.3) is 6.08 Å². The fraction of sp³-hybridized carbons (Fsp3) is 0.333. The van der Waals surface area contributed by atoms with Gasteiger partial charge in [-0.05, 0) is 38.0 Å². The van der Waals surface area contributed by atoms with Crippen molar-refractivity contribution in [2.75, 3.05) is 13.2 Å². The van der Waals surface area contributed by atoms with Crippen molar-refractivity contribution in [1.29, 1.82) is 0 Å². The number of benzene rings is 1. The molecule has 0 saturated carbocycles. The standard InChI is InChI=1S/C18H21ClN2O3/c1-12-6-5-7-13(2)17(12)24-11-10-23-16(22)9-8-15-14(3)20-21(4)18(15)19/h5-9H,10-11H2,1-4H3/b9-8+. The van der Waals surface area contributed by atoms with Gasteiger partial charge in [-0.2, -0.15) is 5.10 Å². The average Bonchev–Trinajstić information content (AvgIpc) is 2.77. The van der Waals surface area contributed by atoms with Gasteiger partial charge in [0, 0.05) is 18.7 Å². The van der Waals surface area contributed by atoms with Crippen LogP contribution >= 0.6 is 11.6 Å². The number of carbonyl (C=O) groups excluding carboxylic acids is 1. The lowest BCUT2D eigenvalue weighted by molar-refractivity contribution is -0.138. The smallest absolute Gasteiger partial charge is 0.330 e. The summed E-state index contributed by atoms with van der Waals surface area (Å²) in [6.07, 6.45) is 2.95. The lowest BCUT2D eigenvalue weighted by Gasteiger charge is -2.11. The topological polar surface area (TPSA) is 53.4 Å². The summed E-state index contributed by atoms with van der Waals surface area (Å²) in [6, 6.07) is 5.95. The quantitative estimate of drug-likeness (QED) is 0.454. The SMILES string of the molecule is Cc1cccc(C)c1OCCOC(=O)/C=C/c1c(C)nn(C)c1Cl. The molecule has 0 bridgehead atoms. The van der Waals surface area contributed by atoms with Crippen LogP contribution in [0.1, 0.15) is 22.4 Å². The second kappa shape index (κ2) is 8.02. The molecule has 0 saturated heterocycles. The molecule has 0 amide bonds. The molecule has 1 heterocycles. The van der Waals surface area contributed by atoms with Gasteiger partial charge in [0.15, 0.2) is 0 Å². The van der Waals surface area contributed by atoms with E-state index in [2.05, 4.69) is 5.10 Å². The van der Waals surface area contributed by atoms with Crippen molar-refractivity contribution in [1.82, 2.24) is 9.78 Å². The van der Waals surface area contributed by atoms with Gasteiger partial charge in [-0.25, -0.2) is 4.79 Å². The molecule has 0 N–H and O–H groups in total. The molecular weight excluding hydrogens is 328 g/mol. The predicted molar refractivity (Wildman–Crippen MR) is 94.4 cm³/mol. The number of halogens is 1. The van der Waals surface area contributed by atoms with Crippen LogP contribution in [0.4, 0.5) is 0 Å². The number of ether oxygens (including phenoxy) is 2. The van der Waals surface area contributed by atoms with Crippen molar-refractivity contribution < 1.29 is 14.3 Å². The minimum Gasteiger partial charge on any atom is -0.489 e. The molecule has 0 fully saturated rings. The third-order valence-corrected chi connectivity index (χ3v) is 4.01. The normalized spacial score (nSPS) is 11.0. The molecule has 0 unspecified atom stereocenters. The summed E-state index contributed by atoms with van der Waals surface area (Å²) in [5, 5.41) is 4.66. The number of rotatable bonds is 6. The van der Waals surface area contributed by atoms with E-state index in [-0.39, 0.29) is 6.61 Å². The highest BCUT2D eigenvalue weighted by Gasteiger charge is 2.09. The molecule has 1 aromatic carbocycles. The zero-order valence-corrected chi connectivity index (χ0v) is 15.1. The monoisotopic (exact) mass is 348 g/mol. The third-order valence-electron chi connectivity index (χ3n) is 3.57. The lowest BCUT2D eigenvalue weighted by atomic mass is 10.1. The second-order valence-corrected chi connectivity index (χ2v) is 5.84. The van der Waals surface area contributed by atoms with Gasteiger partial charge in [-0.3, -0.25) is 4.68 Å². The van der Waals surface area contributed by atoms with Gasteiger partial charge in [-0.15, -0.1) is 0 Å². The number of esters is 1. The van der Waals surface area contributed by atoms with Crippen LogP contribution in [0, 0.1) is 20.8 Å². The van der Waals surface area contributed by atoms with Gasteiger partial charge in [-0.1, -0.05) is 29.8 Å². The van der Waals surface area contributed by atoms with E-state index in [0.717, 1.165) is 22.6 Å². The van der Waals surface area contributed by atoms with E-state index in [1.54, 1.807) is 17.8 Å². The Morgan fingerprint density at radius 2 is 1.92 bits per heavy atom. The lowest BCUT2D eigenvalue weighted by Crippen LogP contribution is -2.11. The number of carbonyl (C=O) groups is 1. The maximum absolute atomic E-state index is 11.8. The molecule has 1 aromatic heterocycles. The summed E-state index contributed by atoms with van der Waals surface area (Å²) < 4.78 is 12.4. The summed E-state index contributed by atoms with van der Waals surface area (Å²) >= 11 is 6.10. The van der Waals surface area contributed by atoms with Gasteiger partial charge in [0.25, 0.3) is 0 Å². The molecule has 5 nitrogen and oxygen atoms in total. The van der Waals surface area contributed by atoms with Crippen molar-refractivity contribution in [2.24, 2.45) is 7.05 Å². The van der Waals surface area contributed by atoms with Gasteiger partial charge < -0.3 is 9.47 Å². The molecule has 24 heavy (non-hydrogen) atoms. The first kappa shape index (κ1) is 18.1. The van der Waals surface area contributed by atoms with Crippen molar-refractivity contribution in [2.45, 2.75) is 20.8 Å². The highest BCUT2D eigenvalue weighted by atomic mass is 35.5. The van der Waals surface area contributed by atoms with Crippen molar-refractivity contribution in [3.8, 4) is 5.75 Å². The van der Waals surface area contributed by atoms with Crippen molar-refractivity contribution in [3.05, 3.63) is 51.8 Å². The van der Waals surface area contributed by atoms with Gasteiger partial charge >= 0.3 is 5.97 Å². The summed E-state index contributed by atoms with van der Waals surface area (Å²) in [6.45, 7) is 6.28. The maximum atomic E-state index is 11.8. The van der Waals surface area contributed by atoms with Crippen LogP contribution < -0.4 is 4.74 Å². The van der Waals surface area contributed by atoms with E-state index < -0.39 is 5.97 Å². The van der Waals surface area contributed by atoms with Crippen LogP contribution in [0.3, 0.4) is 0 Å². The van der Waals surface area contributed by atoms with Gasteiger partial charge in [0.2, 0.25) is 0 Å². The molecular formula is C18H21ClN2O3. The fourth-order valence-electron chi connectivity index (χ4n) is 2.35. The Morgan fingerprint density at radius 3 is 2.50 bits per heavy atom.